The van der Waals surface area contributed by atoms with Gasteiger partial charge < -0.3 is 23.8 Å². The molecule has 0 radical (unpaired) electrons. The number of hydrogen-bond donors (Lipinski definition) is 0. The molecule has 250 valence electrons. The summed E-state index contributed by atoms with van der Waals surface area (Å²) in [4.78, 5) is 45.6. The van der Waals surface area contributed by atoms with E-state index in [1.165, 1.54) is 30.6 Å². The molecule has 48 heavy (non-hydrogen) atoms. The maximum absolute atomic E-state index is 14.3. The van der Waals surface area contributed by atoms with Gasteiger partial charge >= 0.3 is 0 Å². The highest BCUT2D eigenvalue weighted by Gasteiger charge is 2.36. The Kier molecular flexibility index (Phi) is 10.3. The summed E-state index contributed by atoms with van der Waals surface area (Å²) in [5.41, 5.74) is 2.64. The number of ether oxygens (including phenoxy) is 4. The maximum atomic E-state index is 14.3. The molecule has 2 heterocycles. The minimum Gasteiger partial charge on any atom is -0.497 e. The molecule has 3 aromatic carbocycles. The molecule has 13 heteroatoms. The third-order valence-electron chi connectivity index (χ3n) is 8.06. The number of carbonyl (C=O) groups is 1. The molecule has 1 aliphatic heterocycles. The Balaban J connectivity index is 1.57. The van der Waals surface area contributed by atoms with Crippen LogP contribution < -0.4 is 33.8 Å². The predicted molar refractivity (Wildman–Crippen MR) is 182 cm³/mol. The number of benzene rings is 3. The Morgan fingerprint density at radius 3 is 2.29 bits per heavy atom. The monoisotopic (exact) mass is 672 g/mol. The molecule has 12 nitrogen and oxygen atoms in total. The number of rotatable bonds is 12. The van der Waals surface area contributed by atoms with E-state index in [1.54, 1.807) is 85.2 Å². The zero-order chi connectivity index (χ0) is 34.5. The van der Waals surface area contributed by atoms with Gasteiger partial charge in [-0.15, -0.1) is 0 Å². The molecular formula is C35H36N4O8S. The van der Waals surface area contributed by atoms with Crippen molar-refractivity contribution < 1.29 is 28.7 Å². The Labute approximate surface area is 280 Å². The van der Waals surface area contributed by atoms with Crippen LogP contribution in [0.15, 0.2) is 81.7 Å². The van der Waals surface area contributed by atoms with Crippen LogP contribution in [0.25, 0.3) is 6.08 Å². The molecule has 0 saturated carbocycles. The van der Waals surface area contributed by atoms with Crippen molar-refractivity contribution >= 4 is 29.0 Å². The van der Waals surface area contributed by atoms with E-state index < -0.39 is 11.0 Å². The van der Waals surface area contributed by atoms with Crippen LogP contribution in [-0.2, 0) is 11.4 Å². The SMILES string of the molecule is CCN(CC)C(=O)C1=C(C)N=c2s/c(=C/c3ccc(OCc4ccc([N+](=O)[O-])cc4)c(OC)c3)c(=O)n2[C@H]1c1cc(OC)ccc1OC. The van der Waals surface area contributed by atoms with Gasteiger partial charge in [-0.2, -0.15) is 0 Å². The minimum atomic E-state index is -0.814. The average Bonchev–Trinajstić information content (AvgIpc) is 3.40. The second-order valence-corrected chi connectivity index (χ2v) is 11.8. The Bertz CT molecular complexity index is 2060. The largest absolute Gasteiger partial charge is 0.497 e. The molecule has 0 saturated heterocycles. The quantitative estimate of drug-likeness (QED) is 0.157. The summed E-state index contributed by atoms with van der Waals surface area (Å²) in [7, 11) is 4.62. The molecule has 0 aliphatic carbocycles. The standard InChI is InChI=1S/C35H36N4O8S/c1-7-37(8-2)34(41)31-21(3)36-35-38(32(31)26-19-25(44-4)14-16-27(26)45-5)33(40)30(48-35)18-23-11-15-28(29(17-23)46-6)47-20-22-9-12-24(13-10-22)39(42)43/h9-19,32H,7-8,20H2,1-6H3/b30-18+/t32-/m0/s1. The number of carbonyl (C=O) groups excluding carboxylic acids is 1. The molecule has 1 atom stereocenters. The maximum Gasteiger partial charge on any atom is 0.271 e. The Morgan fingerprint density at radius 2 is 1.67 bits per heavy atom. The van der Waals surface area contributed by atoms with Crippen molar-refractivity contribution in [2.75, 3.05) is 34.4 Å². The van der Waals surface area contributed by atoms with Crippen LogP contribution in [0, 0.1) is 10.1 Å². The number of hydrogen-bond acceptors (Lipinski definition) is 10. The fraction of sp³-hybridized carbons (Fsp3) is 0.286. The van der Waals surface area contributed by atoms with Gasteiger partial charge in [0.15, 0.2) is 16.3 Å². The fourth-order valence-electron chi connectivity index (χ4n) is 5.54. The van der Waals surface area contributed by atoms with E-state index in [4.69, 9.17) is 23.9 Å². The number of aromatic nitrogens is 1. The van der Waals surface area contributed by atoms with Crippen LogP contribution in [0.3, 0.4) is 0 Å². The number of fused-ring (bicyclic) bond motifs is 1. The highest BCUT2D eigenvalue weighted by molar-refractivity contribution is 7.07. The van der Waals surface area contributed by atoms with Crippen LogP contribution in [0.4, 0.5) is 5.69 Å². The molecule has 5 rings (SSSR count). The highest BCUT2D eigenvalue weighted by atomic mass is 32.1. The first-order chi connectivity index (χ1) is 23.1. The lowest BCUT2D eigenvalue weighted by molar-refractivity contribution is -0.384. The number of likely N-dealkylation sites (N-methyl/N-ethyl adjacent to an activating group) is 1. The van der Waals surface area contributed by atoms with E-state index in [2.05, 4.69) is 0 Å². The Hall–Kier alpha value is -5.43. The number of thiazole rings is 1. The normalized spacial score (nSPS) is 14.2. The summed E-state index contributed by atoms with van der Waals surface area (Å²) in [5, 5.41) is 11.0. The first-order valence-electron chi connectivity index (χ1n) is 15.2. The lowest BCUT2D eigenvalue weighted by Gasteiger charge is -2.30. The molecule has 0 N–H and O–H groups in total. The van der Waals surface area contributed by atoms with Crippen LogP contribution in [0.1, 0.15) is 43.5 Å². The van der Waals surface area contributed by atoms with E-state index in [-0.39, 0.29) is 23.8 Å². The molecule has 4 aromatic rings. The van der Waals surface area contributed by atoms with Crippen molar-refractivity contribution in [2.24, 2.45) is 4.99 Å². The van der Waals surface area contributed by atoms with Crippen molar-refractivity contribution in [2.45, 2.75) is 33.4 Å². The Morgan fingerprint density at radius 1 is 0.979 bits per heavy atom. The summed E-state index contributed by atoms with van der Waals surface area (Å²) >= 11 is 1.22. The molecule has 1 amide bonds. The zero-order valence-electron chi connectivity index (χ0n) is 27.5. The van der Waals surface area contributed by atoms with Gasteiger partial charge in [0, 0.05) is 30.8 Å². The number of non-ortho nitro benzene ring substituents is 1. The first-order valence-corrected chi connectivity index (χ1v) is 16.0. The van der Waals surface area contributed by atoms with E-state index in [0.29, 0.717) is 67.8 Å². The molecule has 0 fully saturated rings. The topological polar surface area (TPSA) is 135 Å². The summed E-state index contributed by atoms with van der Waals surface area (Å²) in [6.45, 7) is 6.77. The van der Waals surface area contributed by atoms with Crippen LogP contribution in [0.5, 0.6) is 23.0 Å². The van der Waals surface area contributed by atoms with Gasteiger partial charge in [0.1, 0.15) is 24.1 Å². The van der Waals surface area contributed by atoms with Gasteiger partial charge in [0.2, 0.25) is 0 Å². The van der Waals surface area contributed by atoms with Gasteiger partial charge in [-0.3, -0.25) is 24.3 Å². The summed E-state index contributed by atoms with van der Waals surface area (Å²) < 4.78 is 24.7. The summed E-state index contributed by atoms with van der Waals surface area (Å²) in [6.07, 6.45) is 1.75. The zero-order valence-corrected chi connectivity index (χ0v) is 28.3. The van der Waals surface area contributed by atoms with Gasteiger partial charge in [-0.1, -0.05) is 17.4 Å². The molecular weight excluding hydrogens is 636 g/mol. The lowest BCUT2D eigenvalue weighted by Crippen LogP contribution is -2.43. The van der Waals surface area contributed by atoms with Crippen LogP contribution in [0.2, 0.25) is 0 Å². The first kappa shape index (κ1) is 33.9. The van der Waals surface area contributed by atoms with E-state index in [9.17, 15) is 19.7 Å². The fourth-order valence-corrected chi connectivity index (χ4v) is 6.59. The van der Waals surface area contributed by atoms with E-state index >= 15 is 0 Å². The average molecular weight is 673 g/mol. The van der Waals surface area contributed by atoms with E-state index in [1.807, 2.05) is 13.8 Å². The molecule has 1 aliphatic rings. The van der Waals surface area contributed by atoms with Crippen LogP contribution in [-0.4, -0.2) is 54.7 Å². The molecule has 0 unspecified atom stereocenters. The number of methoxy groups -OCH3 is 3. The third kappa shape index (κ3) is 6.67. The predicted octanol–water partition coefficient (Wildman–Crippen LogP) is 4.62. The second-order valence-electron chi connectivity index (χ2n) is 10.8. The van der Waals surface area contributed by atoms with Crippen molar-refractivity contribution in [3.63, 3.8) is 0 Å². The van der Waals surface area contributed by atoms with Gasteiger partial charge in [-0.25, -0.2) is 4.99 Å². The van der Waals surface area contributed by atoms with Crippen LogP contribution >= 0.6 is 11.3 Å². The number of nitrogens with zero attached hydrogens (tertiary/aromatic N) is 4. The third-order valence-corrected chi connectivity index (χ3v) is 9.04. The van der Waals surface area contributed by atoms with E-state index in [0.717, 1.165) is 5.56 Å². The molecule has 0 spiro atoms. The highest BCUT2D eigenvalue weighted by Crippen LogP contribution is 2.38. The van der Waals surface area contributed by atoms with Crippen molar-refractivity contribution in [1.82, 2.24) is 9.47 Å². The minimum absolute atomic E-state index is 0.00166. The summed E-state index contributed by atoms with van der Waals surface area (Å²) in [6, 6.07) is 15.9. The van der Waals surface area contributed by atoms with Gasteiger partial charge in [-0.05, 0) is 80.4 Å². The van der Waals surface area contributed by atoms with Crippen molar-refractivity contribution in [3.05, 3.63) is 118 Å². The molecule has 0 bridgehead atoms. The number of allylic oxidation sites excluding steroid dienone is 1. The molecule has 1 aromatic heterocycles. The van der Waals surface area contributed by atoms with Crippen molar-refractivity contribution in [3.8, 4) is 23.0 Å². The number of nitro benzene ring substituents is 1. The lowest BCUT2D eigenvalue weighted by atomic mass is 9.93. The number of nitro groups is 1. The van der Waals surface area contributed by atoms with Gasteiger partial charge in [0.05, 0.1) is 42.1 Å². The summed E-state index contributed by atoms with van der Waals surface area (Å²) in [5.74, 6) is 1.76. The smallest absolute Gasteiger partial charge is 0.271 e. The second kappa shape index (κ2) is 14.6. The van der Waals surface area contributed by atoms with Gasteiger partial charge in [0.25, 0.3) is 17.2 Å². The number of amides is 1. The van der Waals surface area contributed by atoms with Crippen molar-refractivity contribution in [1.29, 1.82) is 0 Å².